The van der Waals surface area contributed by atoms with Crippen molar-refractivity contribution >= 4 is 17.9 Å². The molecule has 2 amide bonds. The number of alkyl carbamates (subject to hydrolysis) is 1. The number of carbonyl (C=O) groups is 2. The molecule has 206 valence electrons. The predicted molar refractivity (Wildman–Crippen MR) is 145 cm³/mol. The Balaban J connectivity index is 1.25. The Bertz CT molecular complexity index is 1290. The van der Waals surface area contributed by atoms with Crippen molar-refractivity contribution in [1.29, 1.82) is 0 Å². The number of aliphatic hydroxyl groups excluding tert-OH is 2. The molecule has 0 aromatic heterocycles. The van der Waals surface area contributed by atoms with E-state index in [0.29, 0.717) is 0 Å². The van der Waals surface area contributed by atoms with Gasteiger partial charge in [0.2, 0.25) is 0 Å². The molecule has 0 bridgehead atoms. The van der Waals surface area contributed by atoms with Gasteiger partial charge >= 0.3 is 12.2 Å². The summed E-state index contributed by atoms with van der Waals surface area (Å²) in [5, 5.41) is 25.7. The van der Waals surface area contributed by atoms with Crippen molar-refractivity contribution in [2.24, 2.45) is 0 Å². The van der Waals surface area contributed by atoms with E-state index in [9.17, 15) is 24.2 Å². The fourth-order valence-corrected chi connectivity index (χ4v) is 4.58. The molecule has 0 fully saturated rings. The largest absolute Gasteiger partial charge is 0.449 e. The van der Waals surface area contributed by atoms with Crippen LogP contribution in [-0.4, -0.2) is 47.3 Å². The van der Waals surface area contributed by atoms with E-state index >= 15 is 0 Å². The maximum Gasteiger partial charge on any atom is 0.412 e. The molecule has 0 spiro atoms. The number of anilines is 1. The quantitative estimate of drug-likeness (QED) is 0.302. The van der Waals surface area contributed by atoms with Crippen molar-refractivity contribution in [3.8, 4) is 11.1 Å². The summed E-state index contributed by atoms with van der Waals surface area (Å²) >= 11 is 0. The number of fused-ring (bicyclic) bond motifs is 3. The fraction of sp³-hybridized carbons (Fsp3) is 0.333. The summed E-state index contributed by atoms with van der Waals surface area (Å²) in [5.41, 5.74) is 3.72. The first-order valence-corrected chi connectivity index (χ1v) is 12.8. The first-order valence-electron chi connectivity index (χ1n) is 12.8. The van der Waals surface area contributed by atoms with Crippen LogP contribution >= 0.6 is 0 Å². The monoisotopic (exact) mass is 536 g/mol. The average molecular weight is 537 g/mol. The van der Waals surface area contributed by atoms with Gasteiger partial charge < -0.3 is 25.0 Å². The molecule has 0 saturated heterocycles. The Morgan fingerprint density at radius 2 is 1.56 bits per heavy atom. The van der Waals surface area contributed by atoms with Gasteiger partial charge in [-0.05, 0) is 67.1 Å². The number of aliphatic hydroxyl groups is 2. The summed E-state index contributed by atoms with van der Waals surface area (Å²) in [6.07, 6.45) is -4.12. The number of halogens is 1. The van der Waals surface area contributed by atoms with E-state index < -0.39 is 35.8 Å². The Morgan fingerprint density at radius 1 is 0.949 bits per heavy atom. The van der Waals surface area contributed by atoms with E-state index in [2.05, 4.69) is 22.8 Å². The lowest BCUT2D eigenvalue weighted by Crippen LogP contribution is -2.30. The van der Waals surface area contributed by atoms with Crippen molar-refractivity contribution in [1.82, 2.24) is 5.32 Å². The zero-order valence-electron chi connectivity index (χ0n) is 22.1. The summed E-state index contributed by atoms with van der Waals surface area (Å²) in [5.74, 6) is -0.861. The molecule has 4 N–H and O–H groups in total. The van der Waals surface area contributed by atoms with Crippen molar-refractivity contribution < 1.29 is 33.7 Å². The molecule has 8 nitrogen and oxygen atoms in total. The second-order valence-electron chi connectivity index (χ2n) is 10.4. The van der Waals surface area contributed by atoms with E-state index in [-0.39, 0.29) is 36.7 Å². The van der Waals surface area contributed by atoms with E-state index in [1.54, 1.807) is 20.8 Å². The number of hydrogen-bond donors (Lipinski definition) is 4. The van der Waals surface area contributed by atoms with Crippen LogP contribution in [0, 0.1) is 5.82 Å². The molecular formula is C30H33FN2O6. The average Bonchev–Trinajstić information content (AvgIpc) is 3.20. The molecule has 0 heterocycles. The maximum absolute atomic E-state index is 14.5. The van der Waals surface area contributed by atoms with Crippen molar-refractivity contribution in [3.63, 3.8) is 0 Å². The van der Waals surface area contributed by atoms with Gasteiger partial charge in [0, 0.05) is 12.5 Å². The second kappa shape index (κ2) is 11.8. The molecule has 39 heavy (non-hydrogen) atoms. The lowest BCUT2D eigenvalue weighted by molar-refractivity contribution is 0.0135. The molecule has 3 aromatic rings. The number of ether oxygens (including phenoxy) is 2. The van der Waals surface area contributed by atoms with Gasteiger partial charge in [0.15, 0.2) is 0 Å². The van der Waals surface area contributed by atoms with Gasteiger partial charge in [-0.25, -0.2) is 14.0 Å². The minimum absolute atomic E-state index is 0.00485. The summed E-state index contributed by atoms with van der Waals surface area (Å²) in [6.45, 7) is 5.26. The predicted octanol–water partition coefficient (Wildman–Crippen LogP) is 5.50. The van der Waals surface area contributed by atoms with Gasteiger partial charge in [0.1, 0.15) is 24.1 Å². The minimum Gasteiger partial charge on any atom is -0.449 e. The van der Waals surface area contributed by atoms with Gasteiger partial charge in [-0.15, -0.1) is 0 Å². The molecule has 2 atom stereocenters. The molecule has 0 radical (unpaired) electrons. The third kappa shape index (κ3) is 6.93. The van der Waals surface area contributed by atoms with Crippen LogP contribution in [0.15, 0.2) is 66.7 Å². The van der Waals surface area contributed by atoms with Crippen LogP contribution in [0.1, 0.15) is 55.9 Å². The van der Waals surface area contributed by atoms with Crippen LogP contribution in [0.3, 0.4) is 0 Å². The van der Waals surface area contributed by atoms with Crippen LogP contribution < -0.4 is 10.6 Å². The molecule has 4 rings (SSSR count). The Morgan fingerprint density at radius 3 is 2.15 bits per heavy atom. The molecule has 1 aliphatic carbocycles. The zero-order chi connectivity index (χ0) is 28.2. The lowest BCUT2D eigenvalue weighted by Gasteiger charge is -2.21. The van der Waals surface area contributed by atoms with Crippen LogP contribution in [-0.2, 0) is 9.47 Å². The van der Waals surface area contributed by atoms with E-state index in [4.69, 9.17) is 9.47 Å². The number of nitrogens with one attached hydrogen (secondary N) is 2. The normalized spacial score (nSPS) is 14.1. The first-order chi connectivity index (χ1) is 18.5. The summed E-state index contributed by atoms with van der Waals surface area (Å²) < 4.78 is 25.1. The summed E-state index contributed by atoms with van der Waals surface area (Å²) in [7, 11) is 0. The summed E-state index contributed by atoms with van der Waals surface area (Å²) in [4.78, 5) is 24.2. The number of carbonyl (C=O) groups excluding carboxylic acids is 2. The second-order valence-corrected chi connectivity index (χ2v) is 10.4. The van der Waals surface area contributed by atoms with Crippen LogP contribution in [0.25, 0.3) is 11.1 Å². The van der Waals surface area contributed by atoms with E-state index in [0.717, 1.165) is 28.3 Å². The number of amides is 2. The molecule has 3 aromatic carbocycles. The summed E-state index contributed by atoms with van der Waals surface area (Å²) in [6, 6.07) is 19.7. The van der Waals surface area contributed by atoms with Crippen LogP contribution in [0.5, 0.6) is 0 Å². The third-order valence-corrected chi connectivity index (χ3v) is 6.39. The molecule has 2 unspecified atom stereocenters. The zero-order valence-corrected chi connectivity index (χ0v) is 22.1. The number of benzene rings is 3. The highest BCUT2D eigenvalue weighted by atomic mass is 19.1. The highest BCUT2D eigenvalue weighted by Gasteiger charge is 2.29. The molecule has 0 saturated carbocycles. The third-order valence-electron chi connectivity index (χ3n) is 6.39. The Kier molecular flexibility index (Phi) is 8.52. The smallest absolute Gasteiger partial charge is 0.412 e. The molecule has 9 heteroatoms. The highest BCUT2D eigenvalue weighted by molar-refractivity contribution is 5.85. The van der Waals surface area contributed by atoms with E-state index in [1.165, 1.54) is 12.1 Å². The standard InChI is InChI=1S/C30H33FN2O6/c1-30(2,3)39-29(37)33-25-13-12-18(16-24(25)31)27(35)26(34)14-15-32-28(36)38-17-23-21-10-6-4-8-19(21)20-9-5-7-11-22(20)23/h4-13,16,23,26-27,34-35H,14-15,17H2,1-3H3,(H,32,36)(H,33,37). The van der Waals surface area contributed by atoms with Gasteiger partial charge in [-0.1, -0.05) is 54.6 Å². The van der Waals surface area contributed by atoms with Gasteiger partial charge in [0.05, 0.1) is 11.8 Å². The Hall–Kier alpha value is -3.95. The minimum atomic E-state index is -1.40. The van der Waals surface area contributed by atoms with Crippen LogP contribution in [0.2, 0.25) is 0 Å². The van der Waals surface area contributed by atoms with Crippen molar-refractivity contribution in [2.75, 3.05) is 18.5 Å². The Labute approximate surface area is 226 Å². The molecule has 0 aliphatic heterocycles. The SMILES string of the molecule is CC(C)(C)OC(=O)Nc1ccc(C(O)C(O)CCNC(=O)OCC2c3ccccc3-c3ccccc32)cc1F. The van der Waals surface area contributed by atoms with E-state index in [1.807, 2.05) is 36.4 Å². The maximum atomic E-state index is 14.5. The number of rotatable bonds is 8. The topological polar surface area (TPSA) is 117 Å². The fourth-order valence-electron chi connectivity index (χ4n) is 4.58. The molecule has 1 aliphatic rings. The highest BCUT2D eigenvalue weighted by Crippen LogP contribution is 2.44. The lowest BCUT2D eigenvalue weighted by atomic mass is 9.98. The van der Waals surface area contributed by atoms with Gasteiger partial charge in [-0.2, -0.15) is 0 Å². The molecular weight excluding hydrogens is 503 g/mol. The van der Waals surface area contributed by atoms with Crippen molar-refractivity contribution in [2.45, 2.75) is 50.9 Å². The van der Waals surface area contributed by atoms with Gasteiger partial charge in [0.25, 0.3) is 0 Å². The first kappa shape index (κ1) is 28.1. The number of hydrogen-bond acceptors (Lipinski definition) is 6. The van der Waals surface area contributed by atoms with Crippen LogP contribution in [0.4, 0.5) is 19.7 Å². The van der Waals surface area contributed by atoms with Gasteiger partial charge in [-0.3, -0.25) is 5.32 Å². The van der Waals surface area contributed by atoms with Crippen molar-refractivity contribution in [3.05, 3.63) is 89.2 Å².